The number of hydrogen-bond donors (Lipinski definition) is 0. The van der Waals surface area contributed by atoms with Gasteiger partial charge in [0.2, 0.25) is 5.91 Å². The molecule has 1 atom stereocenters. The van der Waals surface area contributed by atoms with Gasteiger partial charge in [0.1, 0.15) is 0 Å². The van der Waals surface area contributed by atoms with Gasteiger partial charge < -0.3 is 9.47 Å². The highest BCUT2D eigenvalue weighted by Gasteiger charge is 2.40. The lowest BCUT2D eigenvalue weighted by Crippen LogP contribution is -2.32. The van der Waals surface area contributed by atoms with Crippen LogP contribution >= 0.6 is 39.3 Å². The van der Waals surface area contributed by atoms with Crippen molar-refractivity contribution in [2.45, 2.75) is 18.6 Å². The van der Waals surface area contributed by atoms with Crippen LogP contribution in [0.4, 0.5) is 10.5 Å². The Morgan fingerprint density at radius 2 is 1.93 bits per heavy atom. The predicted octanol–water partition coefficient (Wildman–Crippen LogP) is 5.32. The van der Waals surface area contributed by atoms with Crippen LogP contribution in [-0.2, 0) is 11.2 Å². The maximum atomic E-state index is 12.8. The Bertz CT molecular complexity index is 875. The molecule has 2 aromatic rings. The van der Waals surface area contributed by atoms with Gasteiger partial charge >= 0.3 is 0 Å². The number of benzene rings is 2. The third-order valence-electron chi connectivity index (χ3n) is 4.01. The quantitative estimate of drug-likeness (QED) is 0.572. The minimum absolute atomic E-state index is 0.240. The van der Waals surface area contributed by atoms with Gasteiger partial charge in [0.05, 0.1) is 29.1 Å². The van der Waals surface area contributed by atoms with Crippen LogP contribution in [0.2, 0.25) is 5.02 Å². The fourth-order valence-corrected chi connectivity index (χ4v) is 4.56. The summed E-state index contributed by atoms with van der Waals surface area (Å²) in [5.74, 6) is 0.960. The number of thioether (sulfide) groups is 1. The summed E-state index contributed by atoms with van der Waals surface area (Å²) in [7, 11) is 1.56. The molecule has 1 fully saturated rings. The van der Waals surface area contributed by atoms with E-state index in [9.17, 15) is 9.59 Å². The zero-order valence-corrected chi connectivity index (χ0v) is 17.9. The van der Waals surface area contributed by atoms with Gasteiger partial charge in [0.25, 0.3) is 5.24 Å². The Morgan fingerprint density at radius 3 is 2.56 bits per heavy atom. The van der Waals surface area contributed by atoms with E-state index in [1.807, 2.05) is 19.1 Å². The number of rotatable bonds is 6. The number of halogens is 2. The molecule has 1 aliphatic rings. The van der Waals surface area contributed by atoms with Crippen molar-refractivity contribution in [2.75, 3.05) is 18.6 Å². The second kappa shape index (κ2) is 8.54. The van der Waals surface area contributed by atoms with Crippen molar-refractivity contribution in [3.05, 3.63) is 51.5 Å². The molecule has 1 heterocycles. The van der Waals surface area contributed by atoms with E-state index in [1.165, 1.54) is 4.90 Å². The Labute approximate surface area is 175 Å². The fraction of sp³-hybridized carbons (Fsp3) is 0.263. The van der Waals surface area contributed by atoms with E-state index in [1.54, 1.807) is 31.4 Å². The summed E-state index contributed by atoms with van der Waals surface area (Å²) in [5, 5.41) is -0.236. The molecule has 1 aliphatic heterocycles. The van der Waals surface area contributed by atoms with Gasteiger partial charge in [0.15, 0.2) is 11.5 Å². The van der Waals surface area contributed by atoms with Gasteiger partial charge in [-0.2, -0.15) is 0 Å². The Kier molecular flexibility index (Phi) is 6.34. The summed E-state index contributed by atoms with van der Waals surface area (Å²) in [6.45, 7) is 2.40. The first-order valence-corrected chi connectivity index (χ1v) is 10.3. The minimum atomic E-state index is -0.497. The molecular formula is C19H17BrClNO4S. The van der Waals surface area contributed by atoms with Crippen LogP contribution in [0.1, 0.15) is 12.5 Å². The second-order valence-electron chi connectivity index (χ2n) is 5.77. The van der Waals surface area contributed by atoms with Crippen LogP contribution in [0.5, 0.6) is 11.5 Å². The van der Waals surface area contributed by atoms with Gasteiger partial charge in [-0.05, 0) is 71.2 Å². The number of hydrogen-bond acceptors (Lipinski definition) is 5. The van der Waals surface area contributed by atoms with Crippen LogP contribution in [0.15, 0.2) is 40.9 Å². The standard InChI is InChI=1S/C19H17BrClNO4S/c1-3-26-17-14(20)8-11(9-15(17)25-2)10-16-18(23)22(19(24)27-16)13-6-4-12(21)5-7-13/h4-9,16H,3,10H2,1-2H3/t16-/m1/s1. The maximum Gasteiger partial charge on any atom is 0.293 e. The number of anilines is 1. The zero-order valence-electron chi connectivity index (χ0n) is 14.7. The monoisotopic (exact) mass is 469 g/mol. The van der Waals surface area contributed by atoms with E-state index < -0.39 is 5.25 Å². The Morgan fingerprint density at radius 1 is 1.22 bits per heavy atom. The molecule has 0 unspecified atom stereocenters. The molecule has 0 radical (unpaired) electrons. The molecular weight excluding hydrogens is 454 g/mol. The largest absolute Gasteiger partial charge is 0.493 e. The minimum Gasteiger partial charge on any atom is -0.493 e. The number of methoxy groups -OCH3 is 1. The smallest absolute Gasteiger partial charge is 0.293 e. The van der Waals surface area contributed by atoms with Crippen LogP contribution in [0, 0.1) is 0 Å². The highest BCUT2D eigenvalue weighted by molar-refractivity contribution is 9.10. The fourth-order valence-electron chi connectivity index (χ4n) is 2.80. The molecule has 0 spiro atoms. The lowest BCUT2D eigenvalue weighted by atomic mass is 10.1. The average Bonchev–Trinajstić information content (AvgIpc) is 2.91. The average molecular weight is 471 g/mol. The first-order chi connectivity index (χ1) is 12.9. The van der Waals surface area contributed by atoms with E-state index in [2.05, 4.69) is 15.9 Å². The highest BCUT2D eigenvalue weighted by atomic mass is 79.9. The van der Waals surface area contributed by atoms with Gasteiger partial charge in [0, 0.05) is 5.02 Å². The van der Waals surface area contributed by atoms with Crippen LogP contribution in [-0.4, -0.2) is 30.1 Å². The van der Waals surface area contributed by atoms with E-state index in [0.717, 1.165) is 21.8 Å². The van der Waals surface area contributed by atoms with Crippen molar-refractivity contribution in [3.8, 4) is 11.5 Å². The Hall–Kier alpha value is -1.70. The number of carbonyl (C=O) groups is 2. The molecule has 0 bridgehead atoms. The van der Waals surface area contributed by atoms with Crippen LogP contribution in [0.3, 0.4) is 0 Å². The number of amides is 2. The third kappa shape index (κ3) is 4.25. The van der Waals surface area contributed by atoms with Crippen molar-refractivity contribution < 1.29 is 19.1 Å². The highest BCUT2D eigenvalue weighted by Crippen LogP contribution is 2.39. The summed E-state index contributed by atoms with van der Waals surface area (Å²) < 4.78 is 11.7. The lowest BCUT2D eigenvalue weighted by Gasteiger charge is -2.15. The number of nitrogens with zero attached hydrogens (tertiary/aromatic N) is 1. The summed E-state index contributed by atoms with van der Waals surface area (Å²) in [5.41, 5.74) is 1.40. The molecule has 27 heavy (non-hydrogen) atoms. The van der Waals surface area contributed by atoms with Gasteiger partial charge in [-0.25, -0.2) is 4.90 Å². The van der Waals surface area contributed by atoms with E-state index in [-0.39, 0.29) is 11.1 Å². The molecule has 142 valence electrons. The summed E-state index contributed by atoms with van der Waals surface area (Å²) in [4.78, 5) is 26.4. The molecule has 0 aromatic heterocycles. The van der Waals surface area contributed by atoms with Gasteiger partial charge in [-0.1, -0.05) is 23.4 Å². The molecule has 0 N–H and O–H groups in total. The molecule has 3 rings (SSSR count). The first kappa shape index (κ1) is 20.0. The molecule has 8 heteroatoms. The topological polar surface area (TPSA) is 55.8 Å². The van der Waals surface area contributed by atoms with Crippen molar-refractivity contribution in [3.63, 3.8) is 0 Å². The van der Waals surface area contributed by atoms with Crippen molar-refractivity contribution in [2.24, 2.45) is 0 Å². The second-order valence-corrected chi connectivity index (χ2v) is 8.21. The molecule has 2 amide bonds. The number of carbonyl (C=O) groups excluding carboxylic acids is 2. The van der Waals surface area contributed by atoms with Crippen molar-refractivity contribution in [1.29, 1.82) is 0 Å². The van der Waals surface area contributed by atoms with Crippen LogP contribution < -0.4 is 14.4 Å². The molecule has 1 saturated heterocycles. The predicted molar refractivity (Wildman–Crippen MR) is 111 cm³/mol. The lowest BCUT2D eigenvalue weighted by molar-refractivity contribution is -0.117. The molecule has 0 saturated carbocycles. The van der Waals surface area contributed by atoms with E-state index in [4.69, 9.17) is 21.1 Å². The van der Waals surface area contributed by atoms with Gasteiger partial charge in [-0.3, -0.25) is 9.59 Å². The van der Waals surface area contributed by atoms with E-state index >= 15 is 0 Å². The number of ether oxygens (including phenoxy) is 2. The first-order valence-electron chi connectivity index (χ1n) is 8.24. The zero-order chi connectivity index (χ0) is 19.6. The summed E-state index contributed by atoms with van der Waals surface area (Å²) >= 11 is 10.4. The van der Waals surface area contributed by atoms with Gasteiger partial charge in [-0.15, -0.1) is 0 Å². The molecule has 2 aromatic carbocycles. The van der Waals surface area contributed by atoms with Crippen molar-refractivity contribution >= 4 is 56.1 Å². The SMILES string of the molecule is CCOc1c(Br)cc(C[C@H]2SC(=O)N(c3ccc(Cl)cc3)C2=O)cc1OC. The molecule has 5 nitrogen and oxygen atoms in total. The normalized spacial score (nSPS) is 16.7. The summed E-state index contributed by atoms with van der Waals surface area (Å²) in [6, 6.07) is 10.4. The molecule has 0 aliphatic carbocycles. The maximum absolute atomic E-state index is 12.8. The Balaban J connectivity index is 1.82. The summed E-state index contributed by atoms with van der Waals surface area (Å²) in [6.07, 6.45) is 0.403. The van der Waals surface area contributed by atoms with Crippen LogP contribution in [0.25, 0.3) is 0 Å². The van der Waals surface area contributed by atoms with Crippen molar-refractivity contribution in [1.82, 2.24) is 0 Å². The van der Waals surface area contributed by atoms with E-state index in [0.29, 0.717) is 35.2 Å². The third-order valence-corrected chi connectivity index (χ3v) is 5.88. The number of imide groups is 1.